The summed E-state index contributed by atoms with van der Waals surface area (Å²) >= 11 is 0. The Morgan fingerprint density at radius 1 is 1.44 bits per heavy atom. The Bertz CT molecular complexity index is 496. The Labute approximate surface area is 108 Å². The lowest BCUT2D eigenvalue weighted by molar-refractivity contribution is 0.166. The zero-order valence-corrected chi connectivity index (χ0v) is 11.2. The Hall–Kier alpha value is -1.35. The molecule has 0 bridgehead atoms. The van der Waals surface area contributed by atoms with Gasteiger partial charge in [-0.15, -0.1) is 0 Å². The van der Waals surface area contributed by atoms with Gasteiger partial charge in [0, 0.05) is 35.8 Å². The van der Waals surface area contributed by atoms with Crippen LogP contribution in [-0.4, -0.2) is 34.0 Å². The fourth-order valence-corrected chi connectivity index (χ4v) is 2.93. The smallest absolute Gasteiger partial charge is 0.137 e. The highest BCUT2D eigenvalue weighted by atomic mass is 15.2. The standard InChI is InChI=1S/C15H21N3/c1-11(2)18-8-4-6-13(10-18)14-9-12-5-3-7-16-15(12)17-14/h3,5,7,9,11,13H,4,6,8,10H2,1-2H3,(H,16,17). The zero-order valence-electron chi connectivity index (χ0n) is 11.2. The minimum Gasteiger partial charge on any atom is -0.343 e. The molecule has 0 spiro atoms. The van der Waals surface area contributed by atoms with Gasteiger partial charge in [0.1, 0.15) is 5.65 Å². The highest BCUT2D eigenvalue weighted by molar-refractivity contribution is 5.76. The molecule has 0 radical (unpaired) electrons. The van der Waals surface area contributed by atoms with Crippen molar-refractivity contribution in [1.82, 2.24) is 14.9 Å². The van der Waals surface area contributed by atoms with E-state index in [1.54, 1.807) is 0 Å². The molecule has 1 atom stereocenters. The number of aromatic nitrogens is 2. The van der Waals surface area contributed by atoms with Crippen LogP contribution in [0.3, 0.4) is 0 Å². The van der Waals surface area contributed by atoms with Gasteiger partial charge in [-0.1, -0.05) is 0 Å². The number of aromatic amines is 1. The van der Waals surface area contributed by atoms with E-state index in [1.165, 1.54) is 37.0 Å². The fraction of sp³-hybridized carbons (Fsp3) is 0.533. The molecular formula is C15H21N3. The van der Waals surface area contributed by atoms with Crippen molar-refractivity contribution in [3.8, 4) is 0 Å². The van der Waals surface area contributed by atoms with E-state index >= 15 is 0 Å². The maximum absolute atomic E-state index is 4.38. The molecular weight excluding hydrogens is 222 g/mol. The molecule has 1 N–H and O–H groups in total. The van der Waals surface area contributed by atoms with Crippen LogP contribution in [0.15, 0.2) is 24.4 Å². The SMILES string of the molecule is CC(C)N1CCCC(c2cc3cccnc3[nH]2)C1. The molecule has 0 amide bonds. The van der Waals surface area contributed by atoms with Gasteiger partial charge in [0.2, 0.25) is 0 Å². The lowest BCUT2D eigenvalue weighted by Crippen LogP contribution is -2.39. The van der Waals surface area contributed by atoms with E-state index < -0.39 is 0 Å². The third-order valence-electron chi connectivity index (χ3n) is 4.04. The van der Waals surface area contributed by atoms with Crippen LogP contribution in [0, 0.1) is 0 Å². The van der Waals surface area contributed by atoms with Crippen LogP contribution in [0.4, 0.5) is 0 Å². The molecule has 1 fully saturated rings. The Kier molecular flexibility index (Phi) is 3.08. The van der Waals surface area contributed by atoms with E-state index in [-0.39, 0.29) is 0 Å². The predicted molar refractivity (Wildman–Crippen MR) is 74.8 cm³/mol. The van der Waals surface area contributed by atoms with Gasteiger partial charge >= 0.3 is 0 Å². The summed E-state index contributed by atoms with van der Waals surface area (Å²) in [6.07, 6.45) is 4.44. The normalized spacial score (nSPS) is 21.8. The largest absolute Gasteiger partial charge is 0.343 e. The first kappa shape index (κ1) is 11.7. The molecule has 18 heavy (non-hydrogen) atoms. The Morgan fingerprint density at radius 2 is 2.33 bits per heavy atom. The van der Waals surface area contributed by atoms with Gasteiger partial charge in [-0.25, -0.2) is 4.98 Å². The van der Waals surface area contributed by atoms with Crippen molar-refractivity contribution in [3.05, 3.63) is 30.1 Å². The molecule has 3 rings (SSSR count). The lowest BCUT2D eigenvalue weighted by atomic mass is 9.94. The summed E-state index contributed by atoms with van der Waals surface area (Å²) in [6, 6.07) is 7.05. The highest BCUT2D eigenvalue weighted by Gasteiger charge is 2.24. The van der Waals surface area contributed by atoms with E-state index in [0.717, 1.165) is 5.65 Å². The van der Waals surface area contributed by atoms with Crippen molar-refractivity contribution in [3.63, 3.8) is 0 Å². The number of piperidine rings is 1. The van der Waals surface area contributed by atoms with Gasteiger partial charge in [-0.3, -0.25) is 0 Å². The number of hydrogen-bond acceptors (Lipinski definition) is 2. The van der Waals surface area contributed by atoms with E-state index in [1.807, 2.05) is 12.3 Å². The summed E-state index contributed by atoms with van der Waals surface area (Å²) in [5.74, 6) is 0.635. The quantitative estimate of drug-likeness (QED) is 0.878. The van der Waals surface area contributed by atoms with E-state index in [2.05, 4.69) is 40.8 Å². The van der Waals surface area contributed by atoms with Crippen molar-refractivity contribution in [2.75, 3.05) is 13.1 Å². The van der Waals surface area contributed by atoms with Crippen LogP contribution in [0.1, 0.15) is 38.3 Å². The molecule has 1 aliphatic heterocycles. The second-order valence-corrected chi connectivity index (χ2v) is 5.59. The number of H-pyrrole nitrogens is 1. The summed E-state index contributed by atoms with van der Waals surface area (Å²) in [5.41, 5.74) is 2.38. The lowest BCUT2D eigenvalue weighted by Gasteiger charge is -2.35. The number of rotatable bonds is 2. The second kappa shape index (κ2) is 4.73. The minimum atomic E-state index is 0.635. The average Bonchev–Trinajstić information content (AvgIpc) is 2.82. The summed E-state index contributed by atoms with van der Waals surface area (Å²) in [6.45, 7) is 6.99. The van der Waals surface area contributed by atoms with Crippen molar-refractivity contribution >= 4 is 11.0 Å². The molecule has 1 saturated heterocycles. The Morgan fingerprint density at radius 3 is 3.11 bits per heavy atom. The topological polar surface area (TPSA) is 31.9 Å². The van der Waals surface area contributed by atoms with Crippen LogP contribution in [0.5, 0.6) is 0 Å². The van der Waals surface area contributed by atoms with Crippen molar-refractivity contribution in [2.24, 2.45) is 0 Å². The van der Waals surface area contributed by atoms with Crippen LogP contribution in [0.2, 0.25) is 0 Å². The molecule has 0 aromatic carbocycles. The van der Waals surface area contributed by atoms with Gasteiger partial charge in [0.25, 0.3) is 0 Å². The van der Waals surface area contributed by atoms with E-state index in [4.69, 9.17) is 0 Å². The number of pyridine rings is 1. The molecule has 1 aliphatic rings. The first-order valence-corrected chi connectivity index (χ1v) is 6.92. The zero-order chi connectivity index (χ0) is 12.5. The van der Waals surface area contributed by atoms with Gasteiger partial charge in [-0.05, 0) is 51.4 Å². The molecule has 2 aromatic heterocycles. The molecule has 0 saturated carbocycles. The molecule has 3 heteroatoms. The third kappa shape index (κ3) is 2.15. The first-order chi connectivity index (χ1) is 8.74. The van der Waals surface area contributed by atoms with Gasteiger partial charge in [0.15, 0.2) is 0 Å². The van der Waals surface area contributed by atoms with Gasteiger partial charge in [0.05, 0.1) is 0 Å². The Balaban J connectivity index is 1.85. The van der Waals surface area contributed by atoms with E-state index in [0.29, 0.717) is 12.0 Å². The maximum atomic E-state index is 4.38. The monoisotopic (exact) mass is 243 g/mol. The maximum Gasteiger partial charge on any atom is 0.137 e. The molecule has 1 unspecified atom stereocenters. The number of fused-ring (bicyclic) bond motifs is 1. The van der Waals surface area contributed by atoms with Crippen LogP contribution >= 0.6 is 0 Å². The molecule has 0 aliphatic carbocycles. The average molecular weight is 243 g/mol. The predicted octanol–water partition coefficient (Wildman–Crippen LogP) is 3.15. The number of hydrogen-bond donors (Lipinski definition) is 1. The molecule has 3 heterocycles. The van der Waals surface area contributed by atoms with Crippen LogP contribution in [-0.2, 0) is 0 Å². The third-order valence-corrected chi connectivity index (χ3v) is 4.04. The summed E-state index contributed by atoms with van der Waals surface area (Å²) in [7, 11) is 0. The van der Waals surface area contributed by atoms with Crippen molar-refractivity contribution in [2.45, 2.75) is 38.6 Å². The summed E-state index contributed by atoms with van der Waals surface area (Å²) < 4.78 is 0. The van der Waals surface area contributed by atoms with E-state index in [9.17, 15) is 0 Å². The minimum absolute atomic E-state index is 0.635. The fourth-order valence-electron chi connectivity index (χ4n) is 2.93. The van der Waals surface area contributed by atoms with Gasteiger partial charge in [-0.2, -0.15) is 0 Å². The van der Waals surface area contributed by atoms with Crippen LogP contribution in [0.25, 0.3) is 11.0 Å². The van der Waals surface area contributed by atoms with Crippen molar-refractivity contribution in [1.29, 1.82) is 0 Å². The van der Waals surface area contributed by atoms with Crippen LogP contribution < -0.4 is 0 Å². The number of likely N-dealkylation sites (tertiary alicyclic amines) is 1. The molecule has 3 nitrogen and oxygen atoms in total. The molecule has 2 aromatic rings. The first-order valence-electron chi connectivity index (χ1n) is 6.92. The number of nitrogens with zero attached hydrogens (tertiary/aromatic N) is 2. The number of nitrogens with one attached hydrogen (secondary N) is 1. The van der Waals surface area contributed by atoms with Crippen molar-refractivity contribution < 1.29 is 0 Å². The highest BCUT2D eigenvalue weighted by Crippen LogP contribution is 2.29. The molecule has 96 valence electrons. The van der Waals surface area contributed by atoms with Gasteiger partial charge < -0.3 is 9.88 Å². The second-order valence-electron chi connectivity index (χ2n) is 5.59. The summed E-state index contributed by atoms with van der Waals surface area (Å²) in [5, 5.41) is 1.23. The summed E-state index contributed by atoms with van der Waals surface area (Å²) in [4.78, 5) is 10.4.